The first kappa shape index (κ1) is 11.6. The predicted molar refractivity (Wildman–Crippen MR) is 66.2 cm³/mol. The second kappa shape index (κ2) is 5.48. The molecular formula is C13H23N3. The minimum absolute atomic E-state index is 0.622. The molecule has 3 heteroatoms. The summed E-state index contributed by atoms with van der Waals surface area (Å²) in [7, 11) is 0. The molecule has 0 radical (unpaired) electrons. The van der Waals surface area contributed by atoms with Crippen molar-refractivity contribution in [2.24, 2.45) is 5.92 Å². The summed E-state index contributed by atoms with van der Waals surface area (Å²) < 4.78 is 0. The molecule has 1 aromatic heterocycles. The standard InChI is InChI=1S/C13H23N3/c1-10(12-6-4-3-5-7-12)14-8-13-11(2)15-9-16-13/h9-10,12,14H,3-8H2,1-2H3,(H,15,16)/t10-/m1/s1. The predicted octanol–water partition coefficient (Wildman–Crippen LogP) is 2.78. The van der Waals surface area contributed by atoms with Gasteiger partial charge in [0.15, 0.2) is 0 Å². The molecular weight excluding hydrogens is 198 g/mol. The lowest BCUT2D eigenvalue weighted by molar-refractivity contribution is 0.280. The second-order valence-corrected chi connectivity index (χ2v) is 5.04. The maximum absolute atomic E-state index is 4.31. The van der Waals surface area contributed by atoms with Gasteiger partial charge in [-0.1, -0.05) is 19.3 Å². The Morgan fingerprint density at radius 1 is 1.44 bits per heavy atom. The minimum atomic E-state index is 0.622. The Labute approximate surface area is 98.1 Å². The zero-order valence-corrected chi connectivity index (χ0v) is 10.4. The molecule has 1 aliphatic carbocycles. The Balaban J connectivity index is 1.78. The van der Waals surface area contributed by atoms with E-state index in [4.69, 9.17) is 0 Å². The molecule has 0 bridgehead atoms. The quantitative estimate of drug-likeness (QED) is 0.820. The third-order valence-corrected chi connectivity index (χ3v) is 3.88. The molecule has 16 heavy (non-hydrogen) atoms. The Morgan fingerprint density at radius 3 is 2.81 bits per heavy atom. The van der Waals surface area contributed by atoms with E-state index in [0.717, 1.165) is 18.2 Å². The van der Waals surface area contributed by atoms with E-state index in [1.165, 1.54) is 37.8 Å². The fourth-order valence-corrected chi connectivity index (χ4v) is 2.62. The minimum Gasteiger partial charge on any atom is -0.348 e. The zero-order chi connectivity index (χ0) is 11.4. The summed E-state index contributed by atoms with van der Waals surface area (Å²) in [5, 5.41) is 3.61. The number of hydrogen-bond donors (Lipinski definition) is 2. The summed E-state index contributed by atoms with van der Waals surface area (Å²) >= 11 is 0. The van der Waals surface area contributed by atoms with Crippen LogP contribution in [0.2, 0.25) is 0 Å². The number of aryl methyl sites for hydroxylation is 1. The number of H-pyrrole nitrogens is 1. The number of nitrogens with zero attached hydrogens (tertiary/aromatic N) is 1. The smallest absolute Gasteiger partial charge is 0.0925 e. The molecule has 1 saturated carbocycles. The largest absolute Gasteiger partial charge is 0.348 e. The molecule has 2 N–H and O–H groups in total. The second-order valence-electron chi connectivity index (χ2n) is 5.04. The van der Waals surface area contributed by atoms with E-state index in [1.807, 2.05) is 0 Å². The summed E-state index contributed by atoms with van der Waals surface area (Å²) in [6, 6.07) is 0.622. The van der Waals surface area contributed by atoms with Crippen LogP contribution in [-0.2, 0) is 6.54 Å². The van der Waals surface area contributed by atoms with Crippen LogP contribution in [0.15, 0.2) is 6.33 Å². The van der Waals surface area contributed by atoms with Gasteiger partial charge < -0.3 is 10.3 Å². The summed E-state index contributed by atoms with van der Waals surface area (Å²) in [5.41, 5.74) is 2.34. The number of rotatable bonds is 4. The van der Waals surface area contributed by atoms with Crippen molar-refractivity contribution in [1.29, 1.82) is 0 Å². The van der Waals surface area contributed by atoms with Crippen molar-refractivity contribution >= 4 is 0 Å². The van der Waals surface area contributed by atoms with Gasteiger partial charge in [0.1, 0.15) is 0 Å². The van der Waals surface area contributed by atoms with Gasteiger partial charge in [-0.3, -0.25) is 0 Å². The summed E-state index contributed by atoms with van der Waals surface area (Å²) in [5.74, 6) is 0.869. The van der Waals surface area contributed by atoms with Gasteiger partial charge in [0.2, 0.25) is 0 Å². The molecule has 0 amide bonds. The van der Waals surface area contributed by atoms with E-state index < -0.39 is 0 Å². The molecule has 1 aromatic rings. The van der Waals surface area contributed by atoms with Gasteiger partial charge >= 0.3 is 0 Å². The van der Waals surface area contributed by atoms with Crippen molar-refractivity contribution in [3.8, 4) is 0 Å². The summed E-state index contributed by atoms with van der Waals surface area (Å²) in [4.78, 5) is 7.44. The summed E-state index contributed by atoms with van der Waals surface area (Å²) in [6.07, 6.45) is 8.83. The van der Waals surface area contributed by atoms with Gasteiger partial charge in [0, 0.05) is 18.3 Å². The number of aromatic amines is 1. The van der Waals surface area contributed by atoms with Crippen LogP contribution in [0.1, 0.15) is 50.4 Å². The maximum Gasteiger partial charge on any atom is 0.0925 e. The number of aromatic nitrogens is 2. The molecule has 0 aliphatic heterocycles. The monoisotopic (exact) mass is 221 g/mol. The number of hydrogen-bond acceptors (Lipinski definition) is 2. The maximum atomic E-state index is 4.31. The lowest BCUT2D eigenvalue weighted by Gasteiger charge is -2.28. The molecule has 90 valence electrons. The van der Waals surface area contributed by atoms with Crippen LogP contribution >= 0.6 is 0 Å². The van der Waals surface area contributed by atoms with Crippen LogP contribution in [0.25, 0.3) is 0 Å². The van der Waals surface area contributed by atoms with Crippen LogP contribution in [0.4, 0.5) is 0 Å². The fourth-order valence-electron chi connectivity index (χ4n) is 2.62. The third-order valence-electron chi connectivity index (χ3n) is 3.88. The van der Waals surface area contributed by atoms with Gasteiger partial charge in [-0.15, -0.1) is 0 Å². The van der Waals surface area contributed by atoms with Crippen molar-refractivity contribution in [2.45, 2.75) is 58.5 Å². The van der Waals surface area contributed by atoms with Gasteiger partial charge in [-0.05, 0) is 32.6 Å². The van der Waals surface area contributed by atoms with E-state index in [2.05, 4.69) is 29.1 Å². The molecule has 0 unspecified atom stereocenters. The molecule has 0 spiro atoms. The SMILES string of the molecule is Cc1[nH]cnc1CN[C@H](C)C1CCCCC1. The Hall–Kier alpha value is -0.830. The van der Waals surface area contributed by atoms with E-state index >= 15 is 0 Å². The van der Waals surface area contributed by atoms with Gasteiger partial charge in [0.25, 0.3) is 0 Å². The number of imidazole rings is 1. The van der Waals surface area contributed by atoms with Crippen molar-refractivity contribution < 1.29 is 0 Å². The Morgan fingerprint density at radius 2 is 2.19 bits per heavy atom. The first-order valence-corrected chi connectivity index (χ1v) is 6.49. The zero-order valence-electron chi connectivity index (χ0n) is 10.4. The molecule has 1 aliphatic rings. The topological polar surface area (TPSA) is 40.7 Å². The lowest BCUT2D eigenvalue weighted by atomic mass is 9.84. The molecule has 0 aromatic carbocycles. The first-order chi connectivity index (χ1) is 7.77. The average molecular weight is 221 g/mol. The molecule has 3 nitrogen and oxygen atoms in total. The normalized spacial score (nSPS) is 19.9. The van der Waals surface area contributed by atoms with Crippen molar-refractivity contribution in [3.05, 3.63) is 17.7 Å². The molecule has 0 saturated heterocycles. The highest BCUT2D eigenvalue weighted by Crippen LogP contribution is 2.26. The van der Waals surface area contributed by atoms with Crippen LogP contribution < -0.4 is 5.32 Å². The molecule has 1 atom stereocenters. The van der Waals surface area contributed by atoms with E-state index in [0.29, 0.717) is 6.04 Å². The van der Waals surface area contributed by atoms with E-state index in [9.17, 15) is 0 Å². The van der Waals surface area contributed by atoms with Crippen LogP contribution in [0, 0.1) is 12.8 Å². The molecule has 1 fully saturated rings. The van der Waals surface area contributed by atoms with Crippen molar-refractivity contribution in [2.75, 3.05) is 0 Å². The summed E-state index contributed by atoms with van der Waals surface area (Å²) in [6.45, 7) is 5.29. The van der Waals surface area contributed by atoms with Crippen LogP contribution in [-0.4, -0.2) is 16.0 Å². The van der Waals surface area contributed by atoms with Gasteiger partial charge in [-0.2, -0.15) is 0 Å². The Bertz CT molecular complexity index is 313. The van der Waals surface area contributed by atoms with Gasteiger partial charge in [0.05, 0.1) is 12.0 Å². The van der Waals surface area contributed by atoms with E-state index in [-0.39, 0.29) is 0 Å². The van der Waals surface area contributed by atoms with Crippen LogP contribution in [0.3, 0.4) is 0 Å². The first-order valence-electron chi connectivity index (χ1n) is 6.49. The lowest BCUT2D eigenvalue weighted by Crippen LogP contribution is -2.34. The van der Waals surface area contributed by atoms with Crippen molar-refractivity contribution in [1.82, 2.24) is 15.3 Å². The highest BCUT2D eigenvalue weighted by Gasteiger charge is 2.19. The van der Waals surface area contributed by atoms with Crippen LogP contribution in [0.5, 0.6) is 0 Å². The van der Waals surface area contributed by atoms with Crippen molar-refractivity contribution in [3.63, 3.8) is 0 Å². The highest BCUT2D eigenvalue weighted by atomic mass is 15.0. The van der Waals surface area contributed by atoms with Gasteiger partial charge in [-0.25, -0.2) is 4.98 Å². The third kappa shape index (κ3) is 2.85. The highest BCUT2D eigenvalue weighted by molar-refractivity contribution is 5.08. The number of nitrogens with one attached hydrogen (secondary N) is 2. The Kier molecular flexibility index (Phi) is 3.99. The molecule has 2 rings (SSSR count). The van der Waals surface area contributed by atoms with E-state index in [1.54, 1.807) is 6.33 Å². The fraction of sp³-hybridized carbons (Fsp3) is 0.769. The molecule has 1 heterocycles. The average Bonchev–Trinajstić information content (AvgIpc) is 2.73.